The lowest BCUT2D eigenvalue weighted by molar-refractivity contribution is -0.0681. The number of benzene rings is 1. The molecule has 0 amide bonds. The summed E-state index contributed by atoms with van der Waals surface area (Å²) in [7, 11) is 0. The molecule has 0 saturated carbocycles. The molecule has 21 heavy (non-hydrogen) atoms. The van der Waals surface area contributed by atoms with E-state index in [9.17, 15) is 0 Å². The molecule has 0 aliphatic carbocycles. The van der Waals surface area contributed by atoms with Crippen LogP contribution >= 0.6 is 0 Å². The highest BCUT2D eigenvalue weighted by atomic mass is 16.5. The van der Waals surface area contributed by atoms with Gasteiger partial charge in [-0.25, -0.2) is 0 Å². The van der Waals surface area contributed by atoms with Gasteiger partial charge in [-0.15, -0.1) is 0 Å². The molecule has 3 heteroatoms. The maximum atomic E-state index is 6.25. The molecule has 2 atom stereocenters. The Bertz CT molecular complexity index is 563. The van der Waals surface area contributed by atoms with Crippen LogP contribution in [-0.2, 0) is 10.3 Å². The zero-order chi connectivity index (χ0) is 14.7. The van der Waals surface area contributed by atoms with Gasteiger partial charge in [-0.3, -0.25) is 4.90 Å². The molecule has 3 aliphatic heterocycles. The minimum Gasteiger partial charge on any atom is -0.493 e. The molecule has 1 aromatic carbocycles. The van der Waals surface area contributed by atoms with Gasteiger partial charge in [0.05, 0.1) is 24.4 Å². The van der Waals surface area contributed by atoms with Gasteiger partial charge in [0, 0.05) is 18.0 Å². The minimum atomic E-state index is -0.0877. The fraction of sp³-hybridized carbons (Fsp3) is 0.667. The zero-order valence-electron chi connectivity index (χ0n) is 13.3. The van der Waals surface area contributed by atoms with Crippen LogP contribution in [0.3, 0.4) is 0 Å². The number of fused-ring (bicyclic) bond motifs is 3. The lowest BCUT2D eigenvalue weighted by Gasteiger charge is -2.38. The highest BCUT2D eigenvalue weighted by Crippen LogP contribution is 2.57. The highest BCUT2D eigenvalue weighted by molar-refractivity contribution is 5.51. The van der Waals surface area contributed by atoms with E-state index in [4.69, 9.17) is 9.47 Å². The first-order valence-electron chi connectivity index (χ1n) is 8.18. The molecular weight excluding hydrogens is 262 g/mol. The summed E-state index contributed by atoms with van der Waals surface area (Å²) < 4.78 is 12.1. The van der Waals surface area contributed by atoms with Crippen LogP contribution in [0.15, 0.2) is 18.2 Å². The summed E-state index contributed by atoms with van der Waals surface area (Å²) in [6, 6.07) is 7.12. The summed E-state index contributed by atoms with van der Waals surface area (Å²) in [6.45, 7) is 9.26. The molecule has 114 valence electrons. The van der Waals surface area contributed by atoms with E-state index in [2.05, 4.69) is 43.9 Å². The van der Waals surface area contributed by atoms with Crippen molar-refractivity contribution in [1.82, 2.24) is 4.90 Å². The van der Waals surface area contributed by atoms with Crippen molar-refractivity contribution in [3.8, 4) is 5.75 Å². The Hall–Kier alpha value is -1.06. The number of rotatable bonds is 2. The molecule has 1 saturated heterocycles. The van der Waals surface area contributed by atoms with Gasteiger partial charge in [-0.2, -0.15) is 0 Å². The third kappa shape index (κ3) is 1.94. The Kier molecular flexibility index (Phi) is 2.89. The van der Waals surface area contributed by atoms with Crippen LogP contribution in [0.2, 0.25) is 0 Å². The minimum absolute atomic E-state index is 0.0803. The molecule has 0 spiro atoms. The maximum absolute atomic E-state index is 6.25. The Balaban J connectivity index is 1.78. The second kappa shape index (κ2) is 4.47. The Morgan fingerprint density at radius 2 is 2.24 bits per heavy atom. The van der Waals surface area contributed by atoms with Gasteiger partial charge in [0.15, 0.2) is 0 Å². The third-order valence-corrected chi connectivity index (χ3v) is 5.21. The van der Waals surface area contributed by atoms with Crippen LogP contribution in [0.1, 0.15) is 57.2 Å². The average molecular weight is 287 g/mol. The van der Waals surface area contributed by atoms with E-state index in [1.807, 2.05) is 0 Å². The lowest BCUT2D eigenvalue weighted by atomic mass is 9.87. The van der Waals surface area contributed by atoms with Crippen molar-refractivity contribution >= 4 is 0 Å². The molecule has 3 aliphatic rings. The standard InChI is InChI=1S/C18H25NO2/c1-17(2,3)21-12-18-9-5-10-19(18)14-8-11-20-15-7-4-6-13(18)16(14)15/h4,6-7,14H,5,8-12H2,1-3H3. The van der Waals surface area contributed by atoms with Crippen molar-refractivity contribution in [2.24, 2.45) is 0 Å². The molecule has 3 heterocycles. The lowest BCUT2D eigenvalue weighted by Crippen LogP contribution is -2.43. The number of nitrogens with zero attached hydrogens (tertiary/aromatic N) is 1. The fourth-order valence-corrected chi connectivity index (χ4v) is 4.37. The normalized spacial score (nSPS) is 30.9. The molecule has 3 nitrogen and oxygen atoms in total. The summed E-state index contributed by atoms with van der Waals surface area (Å²) in [5.74, 6) is 1.10. The van der Waals surface area contributed by atoms with Crippen LogP contribution in [0, 0.1) is 0 Å². The van der Waals surface area contributed by atoms with Gasteiger partial charge in [-0.05, 0) is 51.8 Å². The number of hydrogen-bond acceptors (Lipinski definition) is 3. The summed E-state index contributed by atoms with van der Waals surface area (Å²) in [5, 5.41) is 0. The molecule has 0 aromatic heterocycles. The first kappa shape index (κ1) is 13.6. The number of hydrogen-bond donors (Lipinski definition) is 0. The largest absolute Gasteiger partial charge is 0.493 e. The average Bonchev–Trinajstić information content (AvgIpc) is 2.97. The molecule has 1 aromatic rings. The molecular formula is C18H25NO2. The smallest absolute Gasteiger partial charge is 0.124 e. The summed E-state index contributed by atoms with van der Waals surface area (Å²) in [6.07, 6.45) is 3.59. The van der Waals surface area contributed by atoms with Crippen molar-refractivity contribution in [3.05, 3.63) is 29.3 Å². The first-order chi connectivity index (χ1) is 10.0. The van der Waals surface area contributed by atoms with E-state index >= 15 is 0 Å². The van der Waals surface area contributed by atoms with Gasteiger partial charge in [0.2, 0.25) is 0 Å². The molecule has 1 fully saturated rings. The van der Waals surface area contributed by atoms with Crippen LogP contribution < -0.4 is 4.74 Å². The van der Waals surface area contributed by atoms with Gasteiger partial charge < -0.3 is 9.47 Å². The SMILES string of the molecule is CC(C)(C)OCC12CCCN1C1CCOc3cccc2c31. The second-order valence-corrected chi connectivity index (χ2v) is 7.60. The maximum Gasteiger partial charge on any atom is 0.124 e. The zero-order valence-corrected chi connectivity index (χ0v) is 13.3. The van der Waals surface area contributed by atoms with Crippen LogP contribution in [-0.4, -0.2) is 30.3 Å². The summed E-state index contributed by atoms with van der Waals surface area (Å²) >= 11 is 0. The molecule has 0 radical (unpaired) electrons. The van der Waals surface area contributed by atoms with Crippen molar-refractivity contribution in [2.45, 2.75) is 57.2 Å². The Labute approximate surface area is 127 Å². The van der Waals surface area contributed by atoms with Crippen LogP contribution in [0.5, 0.6) is 5.75 Å². The van der Waals surface area contributed by atoms with Crippen molar-refractivity contribution in [3.63, 3.8) is 0 Å². The summed E-state index contributed by atoms with van der Waals surface area (Å²) in [4.78, 5) is 2.70. The van der Waals surface area contributed by atoms with Crippen molar-refractivity contribution in [1.29, 1.82) is 0 Å². The van der Waals surface area contributed by atoms with Gasteiger partial charge in [0.1, 0.15) is 5.75 Å². The molecule has 2 unspecified atom stereocenters. The van der Waals surface area contributed by atoms with Crippen LogP contribution in [0.25, 0.3) is 0 Å². The molecule has 4 rings (SSSR count). The monoisotopic (exact) mass is 287 g/mol. The van der Waals surface area contributed by atoms with E-state index in [0.717, 1.165) is 25.4 Å². The highest BCUT2D eigenvalue weighted by Gasteiger charge is 2.54. The van der Waals surface area contributed by atoms with E-state index in [-0.39, 0.29) is 11.1 Å². The summed E-state index contributed by atoms with van der Waals surface area (Å²) in [5.41, 5.74) is 2.90. The number of ether oxygens (including phenoxy) is 2. The predicted octanol–water partition coefficient (Wildman–Crippen LogP) is 3.63. The van der Waals surface area contributed by atoms with Crippen LogP contribution in [0.4, 0.5) is 0 Å². The van der Waals surface area contributed by atoms with Gasteiger partial charge >= 0.3 is 0 Å². The van der Waals surface area contributed by atoms with Crippen molar-refractivity contribution < 1.29 is 9.47 Å². The quantitative estimate of drug-likeness (QED) is 0.829. The molecule has 0 N–H and O–H groups in total. The predicted molar refractivity (Wildman–Crippen MR) is 82.6 cm³/mol. The fourth-order valence-electron chi connectivity index (χ4n) is 4.37. The van der Waals surface area contributed by atoms with E-state index in [1.165, 1.54) is 30.5 Å². The van der Waals surface area contributed by atoms with Gasteiger partial charge in [0.25, 0.3) is 0 Å². The van der Waals surface area contributed by atoms with E-state index in [0.29, 0.717) is 6.04 Å². The first-order valence-corrected chi connectivity index (χ1v) is 8.18. The third-order valence-electron chi connectivity index (χ3n) is 5.21. The second-order valence-electron chi connectivity index (χ2n) is 7.60. The Morgan fingerprint density at radius 3 is 3.05 bits per heavy atom. The molecule has 0 bridgehead atoms. The van der Waals surface area contributed by atoms with Crippen molar-refractivity contribution in [2.75, 3.05) is 19.8 Å². The Morgan fingerprint density at radius 1 is 1.38 bits per heavy atom. The van der Waals surface area contributed by atoms with E-state index in [1.54, 1.807) is 0 Å². The van der Waals surface area contributed by atoms with E-state index < -0.39 is 0 Å². The topological polar surface area (TPSA) is 21.7 Å². The van der Waals surface area contributed by atoms with Gasteiger partial charge in [-0.1, -0.05) is 12.1 Å².